The van der Waals surface area contributed by atoms with Gasteiger partial charge in [0, 0.05) is 0 Å². The highest BCUT2D eigenvalue weighted by Gasteiger charge is 1.95. The van der Waals surface area contributed by atoms with Gasteiger partial charge < -0.3 is 5.73 Å². The number of nitrogen functional groups attached to an aromatic ring is 1. The number of hydrogen-bond acceptors (Lipinski definition) is 1. The summed E-state index contributed by atoms with van der Waals surface area (Å²) in [5, 5.41) is 0.594. The van der Waals surface area contributed by atoms with Crippen LogP contribution in [0.5, 0.6) is 0 Å². The van der Waals surface area contributed by atoms with E-state index >= 15 is 0 Å². The molecule has 0 atom stereocenters. The molecule has 0 saturated heterocycles. The Kier molecular flexibility index (Phi) is 3.28. The third-order valence-electron chi connectivity index (χ3n) is 2.29. The lowest BCUT2D eigenvalue weighted by Gasteiger charge is -1.99. The van der Waals surface area contributed by atoms with Crippen molar-refractivity contribution in [1.82, 2.24) is 0 Å². The summed E-state index contributed by atoms with van der Waals surface area (Å²) < 4.78 is 0. The summed E-state index contributed by atoms with van der Waals surface area (Å²) >= 11 is 5.85. The van der Waals surface area contributed by atoms with E-state index in [2.05, 4.69) is 12.1 Å². The zero-order valence-corrected chi connectivity index (χ0v) is 9.48. The SMILES string of the molecule is Nc1cc(/C=C/c2ccccc2)ccc1Cl. The number of anilines is 1. The van der Waals surface area contributed by atoms with E-state index in [-0.39, 0.29) is 0 Å². The van der Waals surface area contributed by atoms with Gasteiger partial charge >= 0.3 is 0 Å². The van der Waals surface area contributed by atoms with Crippen molar-refractivity contribution in [1.29, 1.82) is 0 Å². The minimum absolute atomic E-state index is 0.594. The lowest BCUT2D eigenvalue weighted by molar-refractivity contribution is 1.63. The van der Waals surface area contributed by atoms with Crippen LogP contribution in [0.25, 0.3) is 12.2 Å². The third kappa shape index (κ3) is 2.65. The Balaban J connectivity index is 2.21. The van der Waals surface area contributed by atoms with Crippen molar-refractivity contribution in [2.45, 2.75) is 0 Å². The molecule has 80 valence electrons. The Morgan fingerprint density at radius 3 is 2.25 bits per heavy atom. The van der Waals surface area contributed by atoms with Gasteiger partial charge in [0.05, 0.1) is 10.7 Å². The fourth-order valence-electron chi connectivity index (χ4n) is 1.42. The standard InChI is InChI=1S/C14H12ClN/c15-13-9-8-12(10-14(13)16)7-6-11-4-2-1-3-5-11/h1-10H,16H2/b7-6+. The Labute approximate surface area is 100 Å². The normalized spacial score (nSPS) is 10.8. The first kappa shape index (κ1) is 10.8. The largest absolute Gasteiger partial charge is 0.398 e. The molecule has 0 aliphatic carbocycles. The van der Waals surface area contributed by atoms with Crippen molar-refractivity contribution in [2.75, 3.05) is 5.73 Å². The molecule has 0 fully saturated rings. The second-order valence-electron chi connectivity index (χ2n) is 3.52. The second-order valence-corrected chi connectivity index (χ2v) is 3.93. The highest BCUT2D eigenvalue weighted by Crippen LogP contribution is 2.20. The molecule has 0 heterocycles. The molecule has 0 unspecified atom stereocenters. The van der Waals surface area contributed by atoms with E-state index in [9.17, 15) is 0 Å². The molecule has 0 aromatic heterocycles. The number of halogens is 1. The van der Waals surface area contributed by atoms with Crippen LogP contribution in [0.2, 0.25) is 5.02 Å². The molecule has 0 bridgehead atoms. The van der Waals surface area contributed by atoms with Crippen LogP contribution in [-0.4, -0.2) is 0 Å². The average molecular weight is 230 g/mol. The van der Waals surface area contributed by atoms with Crippen LogP contribution in [0.3, 0.4) is 0 Å². The number of benzene rings is 2. The molecule has 16 heavy (non-hydrogen) atoms. The fraction of sp³-hybridized carbons (Fsp3) is 0. The van der Waals surface area contributed by atoms with Gasteiger partial charge in [0.25, 0.3) is 0 Å². The van der Waals surface area contributed by atoms with Crippen LogP contribution in [0.4, 0.5) is 5.69 Å². The van der Waals surface area contributed by atoms with Crippen LogP contribution in [-0.2, 0) is 0 Å². The van der Waals surface area contributed by atoms with E-state index in [4.69, 9.17) is 17.3 Å². The van der Waals surface area contributed by atoms with Crippen LogP contribution in [0.15, 0.2) is 48.5 Å². The van der Waals surface area contributed by atoms with Crippen molar-refractivity contribution in [3.05, 3.63) is 64.7 Å². The zero-order chi connectivity index (χ0) is 11.4. The average Bonchev–Trinajstić information content (AvgIpc) is 2.32. The summed E-state index contributed by atoms with van der Waals surface area (Å²) in [6.45, 7) is 0. The predicted molar refractivity (Wildman–Crippen MR) is 71.2 cm³/mol. The number of nitrogens with two attached hydrogens (primary N) is 1. The summed E-state index contributed by atoms with van der Waals surface area (Å²) in [7, 11) is 0. The molecule has 0 aliphatic heterocycles. The van der Waals surface area contributed by atoms with Gasteiger partial charge in [0.1, 0.15) is 0 Å². The van der Waals surface area contributed by atoms with Crippen molar-refractivity contribution < 1.29 is 0 Å². The van der Waals surface area contributed by atoms with Crippen molar-refractivity contribution in [2.24, 2.45) is 0 Å². The first-order valence-corrected chi connectivity index (χ1v) is 5.42. The van der Waals surface area contributed by atoms with Gasteiger partial charge in [-0.3, -0.25) is 0 Å². The van der Waals surface area contributed by atoms with Gasteiger partial charge in [-0.1, -0.05) is 60.2 Å². The monoisotopic (exact) mass is 229 g/mol. The van der Waals surface area contributed by atoms with Crippen LogP contribution in [0.1, 0.15) is 11.1 Å². The molecule has 2 aromatic rings. The van der Waals surface area contributed by atoms with Crippen molar-refractivity contribution in [3.8, 4) is 0 Å². The quantitative estimate of drug-likeness (QED) is 0.609. The molecule has 2 rings (SSSR count). The highest BCUT2D eigenvalue weighted by molar-refractivity contribution is 6.33. The third-order valence-corrected chi connectivity index (χ3v) is 2.63. The summed E-state index contributed by atoms with van der Waals surface area (Å²) in [6, 6.07) is 15.7. The topological polar surface area (TPSA) is 26.0 Å². The number of hydrogen-bond donors (Lipinski definition) is 1. The second kappa shape index (κ2) is 4.86. The molecule has 1 nitrogen and oxygen atoms in total. The van der Waals surface area contributed by atoms with E-state index in [1.807, 2.05) is 48.6 Å². The molecular weight excluding hydrogens is 218 g/mol. The molecule has 0 aliphatic rings. The molecule has 0 amide bonds. The van der Waals surface area contributed by atoms with Crippen LogP contribution in [0, 0.1) is 0 Å². The summed E-state index contributed by atoms with van der Waals surface area (Å²) in [4.78, 5) is 0. The minimum atomic E-state index is 0.594. The van der Waals surface area contributed by atoms with Gasteiger partial charge in [0.15, 0.2) is 0 Å². The number of rotatable bonds is 2. The van der Waals surface area contributed by atoms with E-state index in [1.54, 1.807) is 0 Å². The summed E-state index contributed by atoms with van der Waals surface area (Å²) in [5.41, 5.74) is 8.54. The first-order valence-electron chi connectivity index (χ1n) is 5.04. The molecule has 0 radical (unpaired) electrons. The minimum Gasteiger partial charge on any atom is -0.398 e. The van der Waals surface area contributed by atoms with E-state index in [0.29, 0.717) is 10.7 Å². The lowest BCUT2D eigenvalue weighted by atomic mass is 10.1. The fourth-order valence-corrected chi connectivity index (χ4v) is 1.54. The maximum Gasteiger partial charge on any atom is 0.0635 e. The van der Waals surface area contributed by atoms with Crippen molar-refractivity contribution in [3.63, 3.8) is 0 Å². The Bertz CT molecular complexity index is 503. The lowest BCUT2D eigenvalue weighted by Crippen LogP contribution is -1.86. The highest BCUT2D eigenvalue weighted by atomic mass is 35.5. The molecule has 2 aromatic carbocycles. The zero-order valence-electron chi connectivity index (χ0n) is 8.73. The van der Waals surface area contributed by atoms with Crippen LogP contribution < -0.4 is 5.73 Å². The summed E-state index contributed by atoms with van der Waals surface area (Å²) in [6.07, 6.45) is 4.06. The Morgan fingerprint density at radius 1 is 0.875 bits per heavy atom. The molecule has 2 heteroatoms. The van der Waals surface area contributed by atoms with E-state index in [1.165, 1.54) is 0 Å². The molecular formula is C14H12ClN. The van der Waals surface area contributed by atoms with Crippen molar-refractivity contribution >= 4 is 29.4 Å². The maximum atomic E-state index is 5.85. The van der Waals surface area contributed by atoms with Gasteiger partial charge in [-0.15, -0.1) is 0 Å². The molecule has 0 saturated carbocycles. The first-order chi connectivity index (χ1) is 7.75. The van der Waals surface area contributed by atoms with Gasteiger partial charge in [-0.2, -0.15) is 0 Å². The van der Waals surface area contributed by atoms with Gasteiger partial charge in [-0.25, -0.2) is 0 Å². The molecule has 0 spiro atoms. The van der Waals surface area contributed by atoms with Crippen LogP contribution >= 0.6 is 11.6 Å². The maximum absolute atomic E-state index is 5.85. The Morgan fingerprint density at radius 2 is 1.56 bits per heavy atom. The van der Waals surface area contributed by atoms with Gasteiger partial charge in [0.2, 0.25) is 0 Å². The Hall–Kier alpha value is -1.73. The smallest absolute Gasteiger partial charge is 0.0635 e. The van der Waals surface area contributed by atoms with Gasteiger partial charge in [-0.05, 0) is 23.3 Å². The van der Waals surface area contributed by atoms with E-state index in [0.717, 1.165) is 11.1 Å². The van der Waals surface area contributed by atoms with E-state index < -0.39 is 0 Å². The predicted octanol–water partition coefficient (Wildman–Crippen LogP) is 4.09. The summed E-state index contributed by atoms with van der Waals surface area (Å²) in [5.74, 6) is 0. The molecule has 2 N–H and O–H groups in total.